The van der Waals surface area contributed by atoms with Gasteiger partial charge < -0.3 is 9.84 Å². The first-order valence-corrected chi connectivity index (χ1v) is 7.82. The molecule has 3 rings (SSSR count). The van der Waals surface area contributed by atoms with Crippen LogP contribution in [-0.2, 0) is 19.3 Å². The molecule has 0 fully saturated rings. The van der Waals surface area contributed by atoms with Crippen molar-refractivity contribution in [3.05, 3.63) is 59.2 Å². The Morgan fingerprint density at radius 3 is 2.67 bits per heavy atom. The molecule has 0 unspecified atom stereocenters. The van der Waals surface area contributed by atoms with Crippen molar-refractivity contribution in [3.8, 4) is 11.5 Å². The molecular weight excluding hydrogens is 260 g/mol. The predicted octanol–water partition coefficient (Wildman–Crippen LogP) is 4.28. The van der Waals surface area contributed by atoms with Gasteiger partial charge >= 0.3 is 0 Å². The van der Waals surface area contributed by atoms with Gasteiger partial charge in [-0.05, 0) is 37.0 Å². The fourth-order valence-corrected chi connectivity index (χ4v) is 3.10. The average molecular weight is 282 g/mol. The first-order chi connectivity index (χ1) is 10.3. The van der Waals surface area contributed by atoms with Crippen LogP contribution in [0.5, 0.6) is 11.5 Å². The average Bonchev–Trinajstić information content (AvgIpc) is 2.93. The maximum Gasteiger partial charge on any atom is 0.123 e. The third kappa shape index (κ3) is 3.05. The maximum atomic E-state index is 10.0. The summed E-state index contributed by atoms with van der Waals surface area (Å²) in [5.41, 5.74) is 3.65. The molecule has 2 aromatic rings. The zero-order chi connectivity index (χ0) is 14.7. The predicted molar refractivity (Wildman–Crippen MR) is 85.0 cm³/mol. The van der Waals surface area contributed by atoms with Crippen molar-refractivity contribution in [3.63, 3.8) is 0 Å². The van der Waals surface area contributed by atoms with Crippen LogP contribution in [0.1, 0.15) is 36.5 Å². The van der Waals surface area contributed by atoms with Crippen molar-refractivity contribution in [2.24, 2.45) is 0 Å². The highest BCUT2D eigenvalue weighted by Crippen LogP contribution is 2.37. The van der Waals surface area contributed by atoms with Crippen molar-refractivity contribution in [1.29, 1.82) is 0 Å². The molecule has 0 aliphatic carbocycles. The van der Waals surface area contributed by atoms with Gasteiger partial charge in [-0.1, -0.05) is 43.7 Å². The van der Waals surface area contributed by atoms with E-state index in [0.29, 0.717) is 5.75 Å². The Morgan fingerprint density at radius 1 is 1.10 bits per heavy atom. The summed E-state index contributed by atoms with van der Waals surface area (Å²) < 4.78 is 6.06. The minimum Gasteiger partial charge on any atom is -0.508 e. The van der Waals surface area contributed by atoms with Gasteiger partial charge in [-0.3, -0.25) is 0 Å². The molecule has 0 saturated heterocycles. The molecule has 1 aliphatic rings. The van der Waals surface area contributed by atoms with Crippen molar-refractivity contribution < 1.29 is 9.84 Å². The lowest BCUT2D eigenvalue weighted by molar-refractivity contribution is 0.222. The Bertz CT molecular complexity index is 604. The third-order valence-corrected chi connectivity index (χ3v) is 4.19. The smallest absolute Gasteiger partial charge is 0.123 e. The van der Waals surface area contributed by atoms with E-state index in [9.17, 15) is 5.11 Å². The van der Waals surface area contributed by atoms with Crippen molar-refractivity contribution >= 4 is 0 Å². The number of aromatic hydroxyl groups is 1. The fraction of sp³-hybridized carbons (Fsp3) is 0.368. The van der Waals surface area contributed by atoms with E-state index >= 15 is 0 Å². The second kappa shape index (κ2) is 6.21. The first kappa shape index (κ1) is 14.0. The molecule has 110 valence electrons. The molecule has 1 heterocycles. The summed E-state index contributed by atoms with van der Waals surface area (Å²) in [5, 5.41) is 10.0. The number of hydrogen-bond donors (Lipinski definition) is 1. The number of rotatable bonds is 5. The van der Waals surface area contributed by atoms with E-state index in [4.69, 9.17) is 4.74 Å². The Balaban J connectivity index is 1.68. The summed E-state index contributed by atoms with van der Waals surface area (Å²) in [6, 6.07) is 14.2. The van der Waals surface area contributed by atoms with E-state index in [2.05, 4.69) is 31.2 Å². The molecule has 0 saturated carbocycles. The Morgan fingerprint density at radius 2 is 1.90 bits per heavy atom. The van der Waals surface area contributed by atoms with Gasteiger partial charge in [0.25, 0.3) is 0 Å². The lowest BCUT2D eigenvalue weighted by Crippen LogP contribution is -2.13. The monoisotopic (exact) mass is 282 g/mol. The minimum absolute atomic E-state index is 0.234. The number of ether oxygens (including phenoxy) is 1. The fourth-order valence-electron chi connectivity index (χ4n) is 3.10. The highest BCUT2D eigenvalue weighted by Gasteiger charge is 2.26. The number of hydrogen-bond acceptors (Lipinski definition) is 2. The molecule has 21 heavy (non-hydrogen) atoms. The molecule has 2 nitrogen and oxygen atoms in total. The third-order valence-electron chi connectivity index (χ3n) is 4.19. The van der Waals surface area contributed by atoms with E-state index < -0.39 is 0 Å². The normalized spacial score (nSPS) is 16.5. The van der Waals surface area contributed by atoms with E-state index in [1.54, 1.807) is 6.07 Å². The lowest BCUT2D eigenvalue weighted by atomic mass is 9.96. The quantitative estimate of drug-likeness (QED) is 0.887. The van der Waals surface area contributed by atoms with Crippen LogP contribution in [0.2, 0.25) is 0 Å². The molecule has 0 aromatic heterocycles. The lowest BCUT2D eigenvalue weighted by Gasteiger charge is -2.10. The van der Waals surface area contributed by atoms with Crippen LogP contribution in [0.4, 0.5) is 0 Å². The van der Waals surface area contributed by atoms with E-state index in [-0.39, 0.29) is 6.10 Å². The summed E-state index contributed by atoms with van der Waals surface area (Å²) in [7, 11) is 0. The SMILES string of the molecule is CCCc1c(O)ccc2c1C[C@H](CCc1ccccc1)O2. The van der Waals surface area contributed by atoms with Gasteiger partial charge in [0, 0.05) is 17.5 Å². The van der Waals surface area contributed by atoms with Gasteiger partial charge in [-0.2, -0.15) is 0 Å². The summed E-state index contributed by atoms with van der Waals surface area (Å²) >= 11 is 0. The molecule has 0 amide bonds. The van der Waals surface area contributed by atoms with Crippen molar-refractivity contribution in [2.75, 3.05) is 0 Å². The van der Waals surface area contributed by atoms with Crippen molar-refractivity contribution in [2.45, 2.75) is 45.1 Å². The number of fused-ring (bicyclic) bond motifs is 1. The van der Waals surface area contributed by atoms with Gasteiger partial charge in [0.2, 0.25) is 0 Å². The molecule has 1 aliphatic heterocycles. The van der Waals surface area contributed by atoms with Crippen LogP contribution in [0.3, 0.4) is 0 Å². The molecular formula is C19H22O2. The molecule has 0 bridgehead atoms. The minimum atomic E-state index is 0.234. The van der Waals surface area contributed by atoms with Crippen LogP contribution in [-0.4, -0.2) is 11.2 Å². The number of aryl methyl sites for hydroxylation is 1. The Hall–Kier alpha value is -1.96. The van der Waals surface area contributed by atoms with Gasteiger partial charge in [0.15, 0.2) is 0 Å². The number of phenols is 1. The van der Waals surface area contributed by atoms with Crippen molar-refractivity contribution in [1.82, 2.24) is 0 Å². The van der Waals surface area contributed by atoms with E-state index in [1.807, 2.05) is 12.1 Å². The summed E-state index contributed by atoms with van der Waals surface area (Å²) in [6.07, 6.45) is 5.17. The zero-order valence-electron chi connectivity index (χ0n) is 12.5. The highest BCUT2D eigenvalue weighted by atomic mass is 16.5. The zero-order valence-corrected chi connectivity index (χ0v) is 12.5. The van der Waals surface area contributed by atoms with Crippen LogP contribution in [0.25, 0.3) is 0 Å². The first-order valence-electron chi connectivity index (χ1n) is 7.82. The molecule has 0 radical (unpaired) electrons. The van der Waals surface area contributed by atoms with Crippen LogP contribution in [0.15, 0.2) is 42.5 Å². The number of benzene rings is 2. The van der Waals surface area contributed by atoms with Crippen LogP contribution >= 0.6 is 0 Å². The maximum absolute atomic E-state index is 10.0. The molecule has 1 atom stereocenters. The summed E-state index contributed by atoms with van der Waals surface area (Å²) in [4.78, 5) is 0. The van der Waals surface area contributed by atoms with Crippen LogP contribution in [0, 0.1) is 0 Å². The topological polar surface area (TPSA) is 29.5 Å². The van der Waals surface area contributed by atoms with E-state index in [1.165, 1.54) is 11.1 Å². The number of phenolic OH excluding ortho intramolecular Hbond substituents is 1. The summed E-state index contributed by atoms with van der Waals surface area (Å²) in [6.45, 7) is 2.14. The molecule has 1 N–H and O–H groups in total. The Labute approximate surface area is 126 Å². The second-order valence-corrected chi connectivity index (χ2v) is 5.76. The van der Waals surface area contributed by atoms with Gasteiger partial charge in [0.05, 0.1) is 0 Å². The largest absolute Gasteiger partial charge is 0.508 e. The van der Waals surface area contributed by atoms with Crippen LogP contribution < -0.4 is 4.74 Å². The molecule has 2 heteroatoms. The van der Waals surface area contributed by atoms with Gasteiger partial charge in [-0.15, -0.1) is 0 Å². The molecule has 2 aromatic carbocycles. The second-order valence-electron chi connectivity index (χ2n) is 5.76. The van der Waals surface area contributed by atoms with Gasteiger partial charge in [-0.25, -0.2) is 0 Å². The van der Waals surface area contributed by atoms with Gasteiger partial charge in [0.1, 0.15) is 17.6 Å². The highest BCUT2D eigenvalue weighted by molar-refractivity contribution is 5.50. The molecule has 0 spiro atoms. The summed E-state index contributed by atoms with van der Waals surface area (Å²) in [5.74, 6) is 1.39. The Kier molecular flexibility index (Phi) is 4.14. The standard InChI is InChI=1S/C19H22O2/c1-2-6-16-17-13-15(21-19(17)12-11-18(16)20)10-9-14-7-4-3-5-8-14/h3-5,7-8,11-12,15,20H,2,6,9-10,13H2,1H3/t15-/m0/s1. The van der Waals surface area contributed by atoms with E-state index in [0.717, 1.165) is 43.4 Å².